The van der Waals surface area contributed by atoms with Crippen LogP contribution in [-0.2, 0) is 6.61 Å². The van der Waals surface area contributed by atoms with E-state index in [-0.39, 0.29) is 6.61 Å². The summed E-state index contributed by atoms with van der Waals surface area (Å²) in [6, 6.07) is 20.2. The molecule has 0 bridgehead atoms. The summed E-state index contributed by atoms with van der Waals surface area (Å²) in [5.74, 6) is 0. The van der Waals surface area contributed by atoms with E-state index in [1.807, 2.05) is 30.3 Å². The molecule has 2 aromatic rings. The summed E-state index contributed by atoms with van der Waals surface area (Å²) in [7, 11) is 0. The first-order valence-electron chi connectivity index (χ1n) is 7.35. The Morgan fingerprint density at radius 1 is 0.750 bits per heavy atom. The number of hydrogen-bond donors (Lipinski definition) is 1. The molecule has 1 heterocycles. The Balaban J connectivity index is 0.000000160. The highest BCUT2D eigenvalue weighted by molar-refractivity contribution is 5.46. The second kappa shape index (κ2) is 8.39. The molecule has 20 heavy (non-hydrogen) atoms. The number of rotatable bonds is 2. The predicted molar refractivity (Wildman–Crippen MR) is 84.9 cm³/mol. The maximum atomic E-state index is 8.54. The molecule has 2 nitrogen and oxygen atoms in total. The van der Waals surface area contributed by atoms with Crippen molar-refractivity contribution >= 4 is 5.69 Å². The lowest BCUT2D eigenvalue weighted by Crippen LogP contribution is -2.29. The van der Waals surface area contributed by atoms with Gasteiger partial charge < -0.3 is 10.0 Å². The van der Waals surface area contributed by atoms with Gasteiger partial charge in [0.25, 0.3) is 0 Å². The third-order valence-corrected chi connectivity index (χ3v) is 3.50. The van der Waals surface area contributed by atoms with E-state index >= 15 is 0 Å². The Labute approximate surface area is 121 Å². The lowest BCUT2D eigenvalue weighted by molar-refractivity contribution is 0.282. The first-order chi connectivity index (χ1) is 9.90. The van der Waals surface area contributed by atoms with Gasteiger partial charge in [-0.3, -0.25) is 0 Å². The zero-order valence-electron chi connectivity index (χ0n) is 11.9. The van der Waals surface area contributed by atoms with Crippen molar-refractivity contribution in [3.05, 3.63) is 66.2 Å². The predicted octanol–water partition coefficient (Wildman–Crippen LogP) is 3.86. The van der Waals surface area contributed by atoms with Gasteiger partial charge in [-0.05, 0) is 37.0 Å². The van der Waals surface area contributed by atoms with E-state index in [0.29, 0.717) is 0 Å². The number of piperidine rings is 1. The van der Waals surface area contributed by atoms with E-state index in [4.69, 9.17) is 5.11 Å². The number of benzene rings is 2. The molecule has 1 N–H and O–H groups in total. The van der Waals surface area contributed by atoms with Gasteiger partial charge >= 0.3 is 0 Å². The quantitative estimate of drug-likeness (QED) is 0.895. The molecule has 0 aromatic heterocycles. The van der Waals surface area contributed by atoms with E-state index in [0.717, 1.165) is 5.56 Å². The normalized spacial score (nSPS) is 14.3. The maximum Gasteiger partial charge on any atom is 0.0681 e. The number of aliphatic hydroxyl groups excluding tert-OH is 1. The zero-order valence-corrected chi connectivity index (χ0v) is 11.9. The number of anilines is 1. The zero-order chi connectivity index (χ0) is 14.0. The fraction of sp³-hybridized carbons (Fsp3) is 0.333. The van der Waals surface area contributed by atoms with Crippen molar-refractivity contribution in [1.82, 2.24) is 0 Å². The van der Waals surface area contributed by atoms with Crippen molar-refractivity contribution in [1.29, 1.82) is 0 Å². The van der Waals surface area contributed by atoms with E-state index in [2.05, 4.69) is 35.2 Å². The summed E-state index contributed by atoms with van der Waals surface area (Å²) < 4.78 is 0. The lowest BCUT2D eigenvalue weighted by Gasteiger charge is -2.28. The molecule has 2 heteroatoms. The minimum absolute atomic E-state index is 0.140. The molecule has 0 aliphatic carbocycles. The van der Waals surface area contributed by atoms with Gasteiger partial charge in [-0.2, -0.15) is 0 Å². The van der Waals surface area contributed by atoms with Crippen LogP contribution in [0.25, 0.3) is 0 Å². The standard InChI is InChI=1S/C11H15N.C7H8O/c1-3-7-11(8-4-1)12-9-5-2-6-10-12;8-6-7-4-2-1-3-5-7/h1,3-4,7-8H,2,5-6,9-10H2;1-5,8H,6H2. The average molecular weight is 269 g/mol. The molecule has 3 rings (SSSR count). The minimum Gasteiger partial charge on any atom is -0.392 e. The van der Waals surface area contributed by atoms with Gasteiger partial charge in [-0.15, -0.1) is 0 Å². The second-order valence-corrected chi connectivity index (χ2v) is 5.03. The SMILES string of the molecule is OCc1ccccc1.c1ccc(N2CCCCC2)cc1. The summed E-state index contributed by atoms with van der Waals surface area (Å²) in [5.41, 5.74) is 2.35. The highest BCUT2D eigenvalue weighted by Gasteiger charge is 2.09. The van der Waals surface area contributed by atoms with Crippen molar-refractivity contribution in [2.45, 2.75) is 25.9 Å². The summed E-state index contributed by atoms with van der Waals surface area (Å²) in [6.07, 6.45) is 4.12. The Bertz CT molecular complexity index is 463. The van der Waals surface area contributed by atoms with Crippen LogP contribution < -0.4 is 4.90 Å². The third-order valence-electron chi connectivity index (χ3n) is 3.50. The third kappa shape index (κ3) is 4.71. The molecule has 1 aliphatic rings. The van der Waals surface area contributed by atoms with Crippen LogP contribution in [0.15, 0.2) is 60.7 Å². The summed E-state index contributed by atoms with van der Waals surface area (Å²) in [5, 5.41) is 8.54. The first-order valence-corrected chi connectivity index (χ1v) is 7.35. The monoisotopic (exact) mass is 269 g/mol. The van der Waals surface area contributed by atoms with Crippen LogP contribution in [0.4, 0.5) is 5.69 Å². The molecule has 1 saturated heterocycles. The highest BCUT2D eigenvalue weighted by Crippen LogP contribution is 2.18. The lowest BCUT2D eigenvalue weighted by atomic mass is 10.1. The molecule has 0 unspecified atom stereocenters. The largest absolute Gasteiger partial charge is 0.392 e. The van der Waals surface area contributed by atoms with Crippen LogP contribution in [-0.4, -0.2) is 18.2 Å². The Hall–Kier alpha value is -1.80. The van der Waals surface area contributed by atoms with E-state index in [1.165, 1.54) is 38.0 Å². The van der Waals surface area contributed by atoms with Crippen LogP contribution in [0.1, 0.15) is 24.8 Å². The van der Waals surface area contributed by atoms with E-state index in [9.17, 15) is 0 Å². The molecular weight excluding hydrogens is 246 g/mol. The smallest absolute Gasteiger partial charge is 0.0681 e. The Kier molecular flexibility index (Phi) is 6.12. The van der Waals surface area contributed by atoms with Gasteiger partial charge in [0, 0.05) is 18.8 Å². The fourth-order valence-electron chi connectivity index (χ4n) is 2.37. The number of aliphatic hydroxyl groups is 1. The van der Waals surface area contributed by atoms with Gasteiger partial charge in [0.05, 0.1) is 6.61 Å². The second-order valence-electron chi connectivity index (χ2n) is 5.03. The summed E-state index contributed by atoms with van der Waals surface area (Å²) in [4.78, 5) is 2.48. The van der Waals surface area contributed by atoms with Crippen molar-refractivity contribution in [3.8, 4) is 0 Å². The molecule has 0 amide bonds. The fourth-order valence-corrected chi connectivity index (χ4v) is 2.37. The molecule has 1 aliphatic heterocycles. The van der Waals surface area contributed by atoms with Crippen LogP contribution in [0.5, 0.6) is 0 Å². The number of nitrogens with zero attached hydrogens (tertiary/aromatic N) is 1. The van der Waals surface area contributed by atoms with Gasteiger partial charge in [0.2, 0.25) is 0 Å². The van der Waals surface area contributed by atoms with Crippen LogP contribution >= 0.6 is 0 Å². The van der Waals surface area contributed by atoms with Crippen molar-refractivity contribution in [3.63, 3.8) is 0 Å². The molecular formula is C18H23NO. The molecule has 0 saturated carbocycles. The van der Waals surface area contributed by atoms with Gasteiger partial charge in [-0.1, -0.05) is 48.5 Å². The van der Waals surface area contributed by atoms with E-state index in [1.54, 1.807) is 0 Å². The molecule has 106 valence electrons. The average Bonchev–Trinajstić information content (AvgIpc) is 2.58. The van der Waals surface area contributed by atoms with Gasteiger partial charge in [0.1, 0.15) is 0 Å². The Morgan fingerprint density at radius 3 is 1.80 bits per heavy atom. The highest BCUT2D eigenvalue weighted by atomic mass is 16.3. The summed E-state index contributed by atoms with van der Waals surface area (Å²) in [6.45, 7) is 2.62. The first kappa shape index (κ1) is 14.6. The van der Waals surface area contributed by atoms with Crippen molar-refractivity contribution in [2.75, 3.05) is 18.0 Å². The van der Waals surface area contributed by atoms with E-state index < -0.39 is 0 Å². The van der Waals surface area contributed by atoms with Crippen LogP contribution in [0.2, 0.25) is 0 Å². The van der Waals surface area contributed by atoms with Gasteiger partial charge in [-0.25, -0.2) is 0 Å². The molecule has 0 spiro atoms. The summed E-state index contributed by atoms with van der Waals surface area (Å²) >= 11 is 0. The topological polar surface area (TPSA) is 23.5 Å². The molecule has 0 atom stereocenters. The molecule has 0 radical (unpaired) electrons. The molecule has 1 fully saturated rings. The molecule has 2 aromatic carbocycles. The van der Waals surface area contributed by atoms with Crippen LogP contribution in [0, 0.1) is 0 Å². The van der Waals surface area contributed by atoms with Crippen molar-refractivity contribution in [2.24, 2.45) is 0 Å². The number of hydrogen-bond acceptors (Lipinski definition) is 2. The van der Waals surface area contributed by atoms with Gasteiger partial charge in [0.15, 0.2) is 0 Å². The minimum atomic E-state index is 0.140. The van der Waals surface area contributed by atoms with Crippen molar-refractivity contribution < 1.29 is 5.11 Å². The number of para-hydroxylation sites is 1. The Morgan fingerprint density at radius 2 is 1.30 bits per heavy atom. The maximum absolute atomic E-state index is 8.54. The van der Waals surface area contributed by atoms with Crippen LogP contribution in [0.3, 0.4) is 0 Å².